The van der Waals surface area contributed by atoms with Gasteiger partial charge in [0.05, 0.1) is 18.4 Å². The normalized spacial score (nSPS) is 20.3. The highest BCUT2D eigenvalue weighted by Gasteiger charge is 2.46. The molecule has 1 saturated carbocycles. The van der Waals surface area contributed by atoms with Crippen molar-refractivity contribution in [2.45, 2.75) is 24.4 Å². The minimum atomic E-state index is -0.805. The van der Waals surface area contributed by atoms with E-state index in [1.807, 2.05) is 30.3 Å². The third-order valence-electron chi connectivity index (χ3n) is 5.47. The summed E-state index contributed by atoms with van der Waals surface area (Å²) in [5, 5.41) is 11.8. The highest BCUT2D eigenvalue weighted by Crippen LogP contribution is 2.44. The Morgan fingerprint density at radius 2 is 2.07 bits per heavy atom. The lowest BCUT2D eigenvalue weighted by Crippen LogP contribution is -2.48. The van der Waals surface area contributed by atoms with E-state index in [4.69, 9.17) is 10.5 Å². The van der Waals surface area contributed by atoms with Crippen molar-refractivity contribution in [2.24, 2.45) is 5.73 Å². The van der Waals surface area contributed by atoms with Crippen molar-refractivity contribution in [3.8, 4) is 17.0 Å². The number of primary amides is 1. The first kappa shape index (κ1) is 19.8. The molecule has 0 spiro atoms. The number of hydrogen-bond acceptors (Lipinski definition) is 6. The van der Waals surface area contributed by atoms with E-state index in [0.717, 1.165) is 11.3 Å². The van der Waals surface area contributed by atoms with Crippen molar-refractivity contribution >= 4 is 11.7 Å². The number of alkyl halides is 1. The van der Waals surface area contributed by atoms with Crippen LogP contribution in [0.5, 0.6) is 5.75 Å². The Bertz CT molecular complexity index is 1040. The van der Waals surface area contributed by atoms with Crippen LogP contribution >= 0.6 is 0 Å². The fraction of sp³-hybridized carbons (Fsp3) is 0.273. The summed E-state index contributed by atoms with van der Waals surface area (Å²) in [5.41, 5.74) is 7.58. The van der Waals surface area contributed by atoms with Crippen molar-refractivity contribution in [2.75, 3.05) is 19.0 Å². The van der Waals surface area contributed by atoms with Crippen LogP contribution in [0.1, 0.15) is 28.9 Å². The molecule has 30 heavy (non-hydrogen) atoms. The van der Waals surface area contributed by atoms with Gasteiger partial charge in [0.15, 0.2) is 0 Å². The second kappa shape index (κ2) is 8.06. The third-order valence-corrected chi connectivity index (χ3v) is 5.47. The van der Waals surface area contributed by atoms with E-state index in [1.165, 1.54) is 7.11 Å². The van der Waals surface area contributed by atoms with Gasteiger partial charge in [-0.1, -0.05) is 12.1 Å². The number of aromatic nitrogens is 3. The summed E-state index contributed by atoms with van der Waals surface area (Å²) < 4.78 is 18.9. The molecule has 1 amide bonds. The Kier molecular flexibility index (Phi) is 5.31. The van der Waals surface area contributed by atoms with Crippen LogP contribution in [0.15, 0.2) is 54.7 Å². The second-order valence-corrected chi connectivity index (χ2v) is 7.44. The molecule has 7 nitrogen and oxygen atoms in total. The van der Waals surface area contributed by atoms with Crippen LogP contribution in [0.25, 0.3) is 11.3 Å². The first-order chi connectivity index (χ1) is 14.5. The van der Waals surface area contributed by atoms with Crippen molar-refractivity contribution in [3.05, 3.63) is 66.0 Å². The molecule has 1 aliphatic carbocycles. The second-order valence-electron chi connectivity index (χ2n) is 7.44. The molecular formula is C22H22FN5O2. The monoisotopic (exact) mass is 407 g/mol. The average Bonchev–Trinajstić information content (AvgIpc) is 2.76. The molecule has 0 aliphatic heterocycles. The number of hydrogen-bond donors (Lipinski definition) is 2. The molecule has 2 heterocycles. The van der Waals surface area contributed by atoms with Crippen molar-refractivity contribution in [3.63, 3.8) is 0 Å². The molecule has 1 aliphatic rings. The SMILES string of the molecule is COc1cc(-c2ccc(NCC3(c4ccccn4)CC(F)C3)nn2)ccc1C(N)=O. The van der Waals surface area contributed by atoms with Crippen molar-refractivity contribution in [1.82, 2.24) is 15.2 Å². The van der Waals surface area contributed by atoms with E-state index < -0.39 is 12.1 Å². The molecule has 1 aromatic carbocycles. The Hall–Kier alpha value is -3.55. The highest BCUT2D eigenvalue weighted by atomic mass is 19.1. The zero-order valence-corrected chi connectivity index (χ0v) is 16.5. The Morgan fingerprint density at radius 3 is 2.67 bits per heavy atom. The minimum Gasteiger partial charge on any atom is -0.496 e. The van der Waals surface area contributed by atoms with Gasteiger partial charge in [0.25, 0.3) is 5.91 Å². The van der Waals surface area contributed by atoms with E-state index in [0.29, 0.717) is 42.2 Å². The largest absolute Gasteiger partial charge is 0.496 e. The van der Waals surface area contributed by atoms with Crippen LogP contribution in [0.4, 0.5) is 10.2 Å². The first-order valence-electron chi connectivity index (χ1n) is 9.62. The van der Waals surface area contributed by atoms with Crippen LogP contribution in [-0.2, 0) is 5.41 Å². The molecule has 0 saturated heterocycles. The Morgan fingerprint density at radius 1 is 1.23 bits per heavy atom. The predicted octanol–water partition coefficient (Wildman–Crippen LogP) is 3.13. The van der Waals surface area contributed by atoms with Gasteiger partial charge in [-0.05, 0) is 49.2 Å². The molecule has 154 valence electrons. The number of nitrogens with two attached hydrogens (primary N) is 1. The van der Waals surface area contributed by atoms with Crippen LogP contribution in [0.2, 0.25) is 0 Å². The van der Waals surface area contributed by atoms with E-state index in [1.54, 1.807) is 24.4 Å². The topological polar surface area (TPSA) is 103 Å². The average molecular weight is 407 g/mol. The van der Waals surface area contributed by atoms with Crippen molar-refractivity contribution in [1.29, 1.82) is 0 Å². The molecule has 2 aromatic heterocycles. The number of carbonyl (C=O) groups excluding carboxylic acids is 1. The summed E-state index contributed by atoms with van der Waals surface area (Å²) >= 11 is 0. The lowest BCUT2D eigenvalue weighted by atomic mass is 9.65. The van der Waals surface area contributed by atoms with Gasteiger partial charge in [0, 0.05) is 29.4 Å². The standard InChI is InChI=1S/C22H22FN5O2/c1-30-18-10-14(5-6-16(18)21(24)29)17-7-8-20(28-27-17)26-13-22(11-15(23)12-22)19-4-2-3-9-25-19/h2-10,15H,11-13H2,1H3,(H2,24,29)(H,26,28). The predicted molar refractivity (Wildman–Crippen MR) is 111 cm³/mol. The van der Waals surface area contributed by atoms with Gasteiger partial charge in [-0.2, -0.15) is 0 Å². The fourth-order valence-corrected chi connectivity index (χ4v) is 3.80. The maximum absolute atomic E-state index is 13.7. The highest BCUT2D eigenvalue weighted by molar-refractivity contribution is 5.96. The number of pyridine rings is 1. The molecule has 0 atom stereocenters. The summed E-state index contributed by atoms with van der Waals surface area (Å²) in [7, 11) is 1.48. The van der Waals surface area contributed by atoms with Gasteiger partial charge in [0.1, 0.15) is 17.7 Å². The van der Waals surface area contributed by atoms with Gasteiger partial charge in [-0.15, -0.1) is 10.2 Å². The number of amides is 1. The van der Waals surface area contributed by atoms with Crippen LogP contribution in [0, 0.1) is 0 Å². The first-order valence-corrected chi connectivity index (χ1v) is 9.62. The maximum atomic E-state index is 13.7. The lowest BCUT2D eigenvalue weighted by molar-refractivity contribution is 0.0992. The number of halogens is 1. The number of methoxy groups -OCH3 is 1. The van der Waals surface area contributed by atoms with Gasteiger partial charge in [0.2, 0.25) is 0 Å². The van der Waals surface area contributed by atoms with Crippen LogP contribution < -0.4 is 15.8 Å². The van der Waals surface area contributed by atoms with Crippen molar-refractivity contribution < 1.29 is 13.9 Å². The Balaban J connectivity index is 1.48. The van der Waals surface area contributed by atoms with E-state index >= 15 is 0 Å². The number of ether oxygens (including phenoxy) is 1. The number of carbonyl (C=O) groups is 1. The van der Waals surface area contributed by atoms with Gasteiger partial charge >= 0.3 is 0 Å². The number of nitrogens with one attached hydrogen (secondary N) is 1. The van der Waals surface area contributed by atoms with Crippen LogP contribution in [-0.4, -0.2) is 40.9 Å². The number of nitrogens with zero attached hydrogens (tertiary/aromatic N) is 3. The van der Waals surface area contributed by atoms with Gasteiger partial charge in [-0.25, -0.2) is 4.39 Å². The zero-order valence-electron chi connectivity index (χ0n) is 16.5. The molecule has 3 aromatic rings. The van der Waals surface area contributed by atoms with Crippen LogP contribution in [0.3, 0.4) is 0 Å². The summed E-state index contributed by atoms with van der Waals surface area (Å²) in [5.74, 6) is 0.418. The quantitative estimate of drug-likeness (QED) is 0.624. The maximum Gasteiger partial charge on any atom is 0.252 e. The molecule has 4 rings (SSSR count). The fourth-order valence-electron chi connectivity index (χ4n) is 3.80. The smallest absolute Gasteiger partial charge is 0.252 e. The molecule has 1 fully saturated rings. The van der Waals surface area contributed by atoms with Gasteiger partial charge < -0.3 is 15.8 Å². The molecule has 3 N–H and O–H groups in total. The molecule has 8 heteroatoms. The lowest BCUT2D eigenvalue weighted by Gasteiger charge is -2.43. The molecule has 0 radical (unpaired) electrons. The van der Waals surface area contributed by atoms with E-state index in [9.17, 15) is 9.18 Å². The van der Waals surface area contributed by atoms with Gasteiger partial charge in [-0.3, -0.25) is 9.78 Å². The minimum absolute atomic E-state index is 0.305. The van der Waals surface area contributed by atoms with E-state index in [-0.39, 0.29) is 5.41 Å². The third kappa shape index (κ3) is 3.80. The summed E-state index contributed by atoms with van der Waals surface area (Å²) in [6.07, 6.45) is 1.80. The van der Waals surface area contributed by atoms with E-state index in [2.05, 4.69) is 20.5 Å². The molecule has 0 bridgehead atoms. The molecule has 0 unspecified atom stereocenters. The zero-order chi connectivity index (χ0) is 21.1. The Labute approximate surface area is 173 Å². The molecular weight excluding hydrogens is 385 g/mol. The summed E-state index contributed by atoms with van der Waals surface area (Å²) in [4.78, 5) is 15.9. The number of anilines is 1. The number of rotatable bonds is 7. The summed E-state index contributed by atoms with van der Waals surface area (Å²) in [6.45, 7) is 0.527. The summed E-state index contributed by atoms with van der Waals surface area (Å²) in [6, 6.07) is 14.4. The number of benzene rings is 1.